The Kier molecular flexibility index (Phi) is 10.8. The van der Waals surface area contributed by atoms with Gasteiger partial charge in [-0.2, -0.15) is 0 Å². The van der Waals surface area contributed by atoms with Crippen LogP contribution in [0, 0.1) is 11.3 Å². The Morgan fingerprint density at radius 3 is 2.55 bits per heavy atom. The average Bonchev–Trinajstić information content (AvgIpc) is 3.19. The first-order valence-corrected chi connectivity index (χ1v) is 11.6. The van der Waals surface area contributed by atoms with Gasteiger partial charge in [0.1, 0.15) is 0 Å². The number of unbranched alkanes of at least 4 members (excludes halogenated alkanes) is 1. The molecule has 2 fully saturated rings. The van der Waals surface area contributed by atoms with Crippen molar-refractivity contribution in [3.63, 3.8) is 0 Å². The van der Waals surface area contributed by atoms with Crippen molar-refractivity contribution in [2.24, 2.45) is 22.1 Å². The average molecular weight is 410 g/mol. The normalized spacial score (nSPS) is 20.7. The third-order valence-corrected chi connectivity index (χ3v) is 6.68. The van der Waals surface area contributed by atoms with Gasteiger partial charge in [-0.25, -0.2) is 0 Å². The lowest BCUT2D eigenvalue weighted by Gasteiger charge is -2.30. The van der Waals surface area contributed by atoms with Crippen molar-refractivity contribution in [3.05, 3.63) is 0 Å². The van der Waals surface area contributed by atoms with Gasteiger partial charge in [0, 0.05) is 39.3 Å². The van der Waals surface area contributed by atoms with Gasteiger partial charge < -0.3 is 26.0 Å². The predicted molar refractivity (Wildman–Crippen MR) is 119 cm³/mol. The molecule has 0 radical (unpaired) electrons. The molecular formula is C22H43N5O2. The summed E-state index contributed by atoms with van der Waals surface area (Å²) in [6.07, 6.45) is 10.5. The molecule has 2 aliphatic rings. The minimum Gasteiger partial charge on any atom is -0.382 e. The molecule has 1 heterocycles. The van der Waals surface area contributed by atoms with Gasteiger partial charge in [0.2, 0.25) is 5.91 Å². The molecule has 1 saturated heterocycles. The summed E-state index contributed by atoms with van der Waals surface area (Å²) in [6.45, 7) is 8.73. The van der Waals surface area contributed by atoms with Crippen molar-refractivity contribution in [2.45, 2.75) is 64.7 Å². The summed E-state index contributed by atoms with van der Waals surface area (Å²) in [5, 5.41) is 7.03. The molecule has 0 aromatic carbocycles. The second-order valence-electron chi connectivity index (χ2n) is 8.73. The molecule has 7 nitrogen and oxygen atoms in total. The number of nitrogens with one attached hydrogen (secondary N) is 2. The quantitative estimate of drug-likeness (QED) is 0.261. The molecule has 1 saturated carbocycles. The molecule has 1 aliphatic carbocycles. The second-order valence-corrected chi connectivity index (χ2v) is 8.73. The largest absolute Gasteiger partial charge is 0.382 e. The van der Waals surface area contributed by atoms with Crippen molar-refractivity contribution in [1.29, 1.82) is 0 Å². The Hall–Kier alpha value is -1.34. The van der Waals surface area contributed by atoms with Crippen LogP contribution in [0.4, 0.5) is 0 Å². The maximum Gasteiger partial charge on any atom is 0.220 e. The standard InChI is InChI=1S/C22H43N5O2/c1-3-29-17-12-22(10-4-5-11-22)18-26-21(24-2)25-13-6-7-14-27-15-8-19(9-16-27)20(23)28/h19H,3-18H2,1-2H3,(H2,23,28)(H2,24,25,26). The van der Waals surface area contributed by atoms with Crippen molar-refractivity contribution in [1.82, 2.24) is 15.5 Å². The number of hydrogen-bond acceptors (Lipinski definition) is 4. The summed E-state index contributed by atoms with van der Waals surface area (Å²) in [6, 6.07) is 0. The van der Waals surface area contributed by atoms with Crippen LogP contribution >= 0.6 is 0 Å². The smallest absolute Gasteiger partial charge is 0.220 e. The van der Waals surface area contributed by atoms with E-state index in [1.54, 1.807) is 0 Å². The molecule has 0 aromatic heterocycles. The Morgan fingerprint density at radius 2 is 1.93 bits per heavy atom. The molecule has 7 heteroatoms. The minimum atomic E-state index is -0.134. The predicted octanol–water partition coefficient (Wildman–Crippen LogP) is 2.12. The maximum atomic E-state index is 11.2. The first kappa shape index (κ1) is 23.9. The zero-order chi connectivity index (χ0) is 21.0. The molecular weight excluding hydrogens is 366 g/mol. The summed E-state index contributed by atoms with van der Waals surface area (Å²) in [5.74, 6) is 0.860. The summed E-state index contributed by atoms with van der Waals surface area (Å²) in [7, 11) is 1.85. The first-order valence-electron chi connectivity index (χ1n) is 11.6. The van der Waals surface area contributed by atoms with Crippen LogP contribution in [0.25, 0.3) is 0 Å². The molecule has 0 unspecified atom stereocenters. The number of hydrogen-bond donors (Lipinski definition) is 3. The minimum absolute atomic E-state index is 0.0824. The fourth-order valence-electron chi connectivity index (χ4n) is 4.67. The Labute approximate surface area is 177 Å². The summed E-state index contributed by atoms with van der Waals surface area (Å²) < 4.78 is 5.61. The number of carbonyl (C=O) groups excluding carboxylic acids is 1. The molecule has 0 bridgehead atoms. The van der Waals surface area contributed by atoms with Gasteiger partial charge in [-0.3, -0.25) is 9.79 Å². The summed E-state index contributed by atoms with van der Waals surface area (Å²) >= 11 is 0. The van der Waals surface area contributed by atoms with Crippen molar-refractivity contribution < 1.29 is 9.53 Å². The third kappa shape index (κ3) is 8.51. The van der Waals surface area contributed by atoms with Crippen molar-refractivity contribution in [3.8, 4) is 0 Å². The Bertz CT molecular complexity index is 497. The number of piperidine rings is 1. The fourth-order valence-corrected chi connectivity index (χ4v) is 4.67. The molecule has 1 aliphatic heterocycles. The highest BCUT2D eigenvalue weighted by Crippen LogP contribution is 2.40. The number of guanidine groups is 1. The van der Waals surface area contributed by atoms with E-state index in [2.05, 4.69) is 27.4 Å². The number of nitrogens with zero attached hydrogens (tertiary/aromatic N) is 2. The van der Waals surface area contributed by atoms with Gasteiger partial charge in [0.05, 0.1) is 0 Å². The van der Waals surface area contributed by atoms with Crippen LogP contribution < -0.4 is 16.4 Å². The summed E-state index contributed by atoms with van der Waals surface area (Å²) in [4.78, 5) is 18.1. The van der Waals surface area contributed by atoms with Crippen LogP contribution in [0.2, 0.25) is 0 Å². The lowest BCUT2D eigenvalue weighted by Crippen LogP contribution is -2.43. The molecule has 0 spiro atoms. The van der Waals surface area contributed by atoms with Gasteiger partial charge in [0.15, 0.2) is 5.96 Å². The number of likely N-dealkylation sites (tertiary alicyclic amines) is 1. The highest BCUT2D eigenvalue weighted by molar-refractivity contribution is 5.79. The molecule has 4 N–H and O–H groups in total. The van der Waals surface area contributed by atoms with Crippen LogP contribution in [0.5, 0.6) is 0 Å². The SMILES string of the molecule is CCOCCC1(CNC(=NC)NCCCCN2CCC(C(N)=O)CC2)CCCC1. The van der Waals surface area contributed by atoms with Gasteiger partial charge in [0.25, 0.3) is 0 Å². The molecule has 0 aromatic rings. The maximum absolute atomic E-state index is 11.2. The van der Waals surface area contributed by atoms with Gasteiger partial charge in [-0.15, -0.1) is 0 Å². The van der Waals surface area contributed by atoms with Crippen LogP contribution in [0.1, 0.15) is 64.7 Å². The number of amides is 1. The first-order chi connectivity index (χ1) is 14.1. The number of primary amides is 1. The zero-order valence-electron chi connectivity index (χ0n) is 18.7. The van der Waals surface area contributed by atoms with E-state index in [1.165, 1.54) is 25.7 Å². The number of carbonyl (C=O) groups is 1. The molecule has 168 valence electrons. The number of ether oxygens (including phenoxy) is 1. The number of rotatable bonds is 12. The Balaban J connectivity index is 1.58. The van der Waals surface area contributed by atoms with E-state index < -0.39 is 0 Å². The highest BCUT2D eigenvalue weighted by Gasteiger charge is 2.33. The fraction of sp³-hybridized carbons (Fsp3) is 0.909. The lowest BCUT2D eigenvalue weighted by molar-refractivity contribution is -0.123. The van der Waals surface area contributed by atoms with Crippen molar-refractivity contribution >= 4 is 11.9 Å². The monoisotopic (exact) mass is 409 g/mol. The van der Waals surface area contributed by atoms with Gasteiger partial charge in [-0.1, -0.05) is 12.8 Å². The van der Waals surface area contributed by atoms with E-state index in [1.807, 2.05) is 7.05 Å². The topological polar surface area (TPSA) is 92.0 Å². The van der Waals surface area contributed by atoms with E-state index in [0.29, 0.717) is 5.41 Å². The molecule has 1 amide bonds. The van der Waals surface area contributed by atoms with E-state index in [0.717, 1.165) is 84.0 Å². The highest BCUT2D eigenvalue weighted by atomic mass is 16.5. The van der Waals surface area contributed by atoms with Crippen LogP contribution in [0.15, 0.2) is 4.99 Å². The van der Waals surface area contributed by atoms with Crippen LogP contribution in [0.3, 0.4) is 0 Å². The van der Waals surface area contributed by atoms with E-state index in [9.17, 15) is 4.79 Å². The van der Waals surface area contributed by atoms with Crippen LogP contribution in [-0.4, -0.2) is 69.8 Å². The summed E-state index contributed by atoms with van der Waals surface area (Å²) in [5.41, 5.74) is 5.77. The number of aliphatic imine (C=N–C) groups is 1. The zero-order valence-corrected chi connectivity index (χ0v) is 18.7. The second kappa shape index (κ2) is 13.1. The molecule has 0 atom stereocenters. The molecule has 2 rings (SSSR count). The number of nitrogens with two attached hydrogens (primary N) is 1. The van der Waals surface area contributed by atoms with Gasteiger partial charge in [-0.05, 0) is 76.9 Å². The van der Waals surface area contributed by atoms with Crippen molar-refractivity contribution in [2.75, 3.05) is 53.0 Å². The third-order valence-electron chi connectivity index (χ3n) is 6.68. The van der Waals surface area contributed by atoms with Crippen LogP contribution in [-0.2, 0) is 9.53 Å². The lowest BCUT2D eigenvalue weighted by atomic mass is 9.83. The Morgan fingerprint density at radius 1 is 1.21 bits per heavy atom. The van der Waals surface area contributed by atoms with E-state index in [4.69, 9.17) is 10.5 Å². The molecule has 29 heavy (non-hydrogen) atoms. The van der Waals surface area contributed by atoms with E-state index in [-0.39, 0.29) is 11.8 Å². The van der Waals surface area contributed by atoms with E-state index >= 15 is 0 Å². The van der Waals surface area contributed by atoms with Gasteiger partial charge >= 0.3 is 0 Å².